The number of nitrogens with one attached hydrogen (secondary N) is 1. The van der Waals surface area contributed by atoms with Crippen molar-refractivity contribution in [2.24, 2.45) is 5.92 Å². The summed E-state index contributed by atoms with van der Waals surface area (Å²) in [6, 6.07) is 25.8. The Hall–Kier alpha value is -4.18. The number of nitrogens with zero attached hydrogens (tertiary/aromatic N) is 2. The van der Waals surface area contributed by atoms with Gasteiger partial charge in [0.15, 0.2) is 0 Å². The molecule has 6 rings (SSSR count). The Balaban J connectivity index is 1.48. The van der Waals surface area contributed by atoms with Gasteiger partial charge < -0.3 is 9.47 Å². The fourth-order valence-corrected chi connectivity index (χ4v) is 6.28. The first kappa shape index (κ1) is 28.0. The molecule has 0 aromatic heterocycles. The number of esters is 1. The molecule has 3 aliphatic rings. The van der Waals surface area contributed by atoms with Gasteiger partial charge in [0.2, 0.25) is 0 Å². The van der Waals surface area contributed by atoms with E-state index in [9.17, 15) is 10.1 Å². The zero-order chi connectivity index (χ0) is 28.9. The fraction of sp³-hybridized carbons (Fsp3) is 0.333. The largest absolute Gasteiger partial charge is 0.463 e. The summed E-state index contributed by atoms with van der Waals surface area (Å²) in [5.74, 6) is 0.0763. The molecule has 2 aliphatic heterocycles. The maximum atomic E-state index is 11.9. The molecule has 1 atom stereocenters. The molecule has 1 unspecified atom stereocenters. The first-order valence-electron chi connectivity index (χ1n) is 15.1. The van der Waals surface area contributed by atoms with Crippen LogP contribution in [0.3, 0.4) is 0 Å². The highest BCUT2D eigenvalue weighted by Gasteiger charge is 2.33. The predicted octanol–water partition coefficient (Wildman–Crippen LogP) is 7.24. The number of fused-ring (bicyclic) bond motifs is 1. The highest BCUT2D eigenvalue weighted by atomic mass is 16.5. The summed E-state index contributed by atoms with van der Waals surface area (Å²) in [6.07, 6.45) is 9.90. The lowest BCUT2D eigenvalue weighted by atomic mass is 9.72. The van der Waals surface area contributed by atoms with Crippen LogP contribution in [0.5, 0.6) is 0 Å². The van der Waals surface area contributed by atoms with Crippen LogP contribution in [0.25, 0.3) is 17.2 Å². The molecule has 3 aromatic rings. The van der Waals surface area contributed by atoms with E-state index in [1.807, 2.05) is 12.1 Å². The average molecular weight is 560 g/mol. The van der Waals surface area contributed by atoms with E-state index in [2.05, 4.69) is 71.1 Å². The molecule has 0 amide bonds. The zero-order valence-corrected chi connectivity index (χ0v) is 24.1. The second kappa shape index (κ2) is 12.8. The molecule has 0 spiro atoms. The van der Waals surface area contributed by atoms with Gasteiger partial charge in [-0.05, 0) is 84.9 Å². The molecule has 214 valence electrons. The summed E-state index contributed by atoms with van der Waals surface area (Å²) < 4.78 is 11.1. The van der Waals surface area contributed by atoms with Crippen LogP contribution in [-0.2, 0) is 20.8 Å². The third-order valence-corrected chi connectivity index (χ3v) is 8.56. The molecule has 1 aliphatic carbocycles. The van der Waals surface area contributed by atoms with Crippen molar-refractivity contribution in [1.29, 1.82) is 5.26 Å². The smallest absolute Gasteiger partial charge is 0.330 e. The fourth-order valence-electron chi connectivity index (χ4n) is 6.28. The Kier molecular flexibility index (Phi) is 8.50. The zero-order valence-electron chi connectivity index (χ0n) is 24.1. The molecule has 6 heteroatoms. The summed E-state index contributed by atoms with van der Waals surface area (Å²) in [4.78, 5) is 11.9. The molecule has 42 heavy (non-hydrogen) atoms. The van der Waals surface area contributed by atoms with Crippen molar-refractivity contribution in [3.05, 3.63) is 106 Å². The van der Waals surface area contributed by atoms with Crippen molar-refractivity contribution in [2.75, 3.05) is 18.2 Å². The van der Waals surface area contributed by atoms with Gasteiger partial charge in [-0.2, -0.15) is 5.26 Å². The Labute approximate surface area is 248 Å². The van der Waals surface area contributed by atoms with E-state index >= 15 is 0 Å². The average Bonchev–Trinajstić information content (AvgIpc) is 3.44. The van der Waals surface area contributed by atoms with Gasteiger partial charge in [-0.25, -0.2) is 10.2 Å². The highest BCUT2D eigenvalue weighted by molar-refractivity contribution is 6.01. The lowest BCUT2D eigenvalue weighted by molar-refractivity contribution is -0.137. The summed E-state index contributed by atoms with van der Waals surface area (Å²) in [7, 11) is 0. The lowest BCUT2D eigenvalue weighted by Crippen LogP contribution is -2.44. The standard InChI is InChI=1S/C36H37N3O3/c1-2-41-34(40)21-16-25-14-17-28(18-15-25)36(35(27-11-8-12-27)26-9-4-3-5-10-26)29-19-20-32-31(30(29)23-37)24-38-39(32)33-13-6-7-22-42-33/h3-5,9-10,14-21,27,33,38H,2,6-8,11-13,22,24H2,1H3/b21-16+,36-35-. The molecule has 6 nitrogen and oxygen atoms in total. The Morgan fingerprint density at radius 3 is 2.50 bits per heavy atom. The van der Waals surface area contributed by atoms with Crippen LogP contribution in [-0.4, -0.2) is 25.4 Å². The number of carbonyl (C=O) groups is 1. The number of ether oxygens (including phenoxy) is 2. The van der Waals surface area contributed by atoms with E-state index < -0.39 is 0 Å². The van der Waals surface area contributed by atoms with Gasteiger partial charge in [0.05, 0.1) is 17.9 Å². The number of carbonyl (C=O) groups excluding carboxylic acids is 1. The van der Waals surface area contributed by atoms with Crippen LogP contribution < -0.4 is 10.4 Å². The first-order valence-corrected chi connectivity index (χ1v) is 15.1. The van der Waals surface area contributed by atoms with E-state index in [4.69, 9.17) is 9.47 Å². The third kappa shape index (κ3) is 5.63. The molecule has 0 radical (unpaired) electrons. The van der Waals surface area contributed by atoms with Crippen LogP contribution >= 0.6 is 0 Å². The Morgan fingerprint density at radius 1 is 1.02 bits per heavy atom. The summed E-state index contributed by atoms with van der Waals surface area (Å²) in [5.41, 5.74) is 12.8. The normalized spacial score (nSPS) is 19.1. The molecule has 1 N–H and O–H groups in total. The van der Waals surface area contributed by atoms with Crippen molar-refractivity contribution < 1.29 is 14.3 Å². The molecule has 1 saturated carbocycles. The second-order valence-corrected chi connectivity index (χ2v) is 11.1. The van der Waals surface area contributed by atoms with Gasteiger partial charge >= 0.3 is 5.97 Å². The van der Waals surface area contributed by atoms with Crippen LogP contribution in [0.1, 0.15) is 78.8 Å². The van der Waals surface area contributed by atoms with Crippen LogP contribution in [0.15, 0.2) is 72.8 Å². The van der Waals surface area contributed by atoms with Crippen molar-refractivity contribution in [3.8, 4) is 6.07 Å². The van der Waals surface area contributed by atoms with E-state index in [1.54, 1.807) is 13.0 Å². The highest BCUT2D eigenvalue weighted by Crippen LogP contribution is 2.47. The number of hydrogen-bond acceptors (Lipinski definition) is 6. The monoisotopic (exact) mass is 559 g/mol. The van der Waals surface area contributed by atoms with E-state index in [0.717, 1.165) is 72.2 Å². The van der Waals surface area contributed by atoms with Gasteiger partial charge in [-0.15, -0.1) is 0 Å². The van der Waals surface area contributed by atoms with Crippen molar-refractivity contribution >= 4 is 28.9 Å². The topological polar surface area (TPSA) is 74.6 Å². The summed E-state index contributed by atoms with van der Waals surface area (Å²) >= 11 is 0. The quantitative estimate of drug-likeness (QED) is 0.178. The minimum absolute atomic E-state index is 0.0162. The van der Waals surface area contributed by atoms with E-state index in [1.165, 1.54) is 23.6 Å². The molecule has 2 heterocycles. The maximum absolute atomic E-state index is 11.9. The summed E-state index contributed by atoms with van der Waals surface area (Å²) in [5, 5.41) is 12.8. The Morgan fingerprint density at radius 2 is 1.83 bits per heavy atom. The number of allylic oxidation sites excluding steroid dienone is 1. The number of hydrazine groups is 1. The van der Waals surface area contributed by atoms with Crippen LogP contribution in [0.4, 0.5) is 5.69 Å². The molecular formula is C36H37N3O3. The minimum Gasteiger partial charge on any atom is -0.463 e. The Bertz CT molecular complexity index is 1530. The molecular weight excluding hydrogens is 522 g/mol. The van der Waals surface area contributed by atoms with E-state index in [-0.39, 0.29) is 12.2 Å². The van der Waals surface area contributed by atoms with Gasteiger partial charge in [0.25, 0.3) is 0 Å². The van der Waals surface area contributed by atoms with Gasteiger partial charge in [0, 0.05) is 30.4 Å². The molecule has 2 fully saturated rings. The predicted molar refractivity (Wildman–Crippen MR) is 166 cm³/mol. The molecule has 0 bridgehead atoms. The number of benzene rings is 3. The number of anilines is 1. The van der Waals surface area contributed by atoms with Gasteiger partial charge in [-0.3, -0.25) is 5.01 Å². The number of nitriles is 1. The maximum Gasteiger partial charge on any atom is 0.330 e. The van der Waals surface area contributed by atoms with Crippen LogP contribution in [0.2, 0.25) is 0 Å². The van der Waals surface area contributed by atoms with Gasteiger partial charge in [-0.1, -0.05) is 67.1 Å². The van der Waals surface area contributed by atoms with Crippen molar-refractivity contribution in [1.82, 2.24) is 5.43 Å². The van der Waals surface area contributed by atoms with Crippen LogP contribution in [0, 0.1) is 17.2 Å². The minimum atomic E-state index is -0.350. The summed E-state index contributed by atoms with van der Waals surface area (Å²) in [6.45, 7) is 3.51. The lowest BCUT2D eigenvalue weighted by Gasteiger charge is -2.33. The number of rotatable bonds is 8. The second-order valence-electron chi connectivity index (χ2n) is 11.1. The SMILES string of the molecule is CCOC(=O)/C=C/c1ccc(/C(=C(\c2ccccc2)C2CCC2)c2ccc3c(c2C#N)CNN3C2CCCCO2)cc1. The van der Waals surface area contributed by atoms with Gasteiger partial charge in [0.1, 0.15) is 12.3 Å². The van der Waals surface area contributed by atoms with Crippen molar-refractivity contribution in [3.63, 3.8) is 0 Å². The molecule has 3 aromatic carbocycles. The molecule has 1 saturated heterocycles. The van der Waals surface area contributed by atoms with Crippen molar-refractivity contribution in [2.45, 2.75) is 58.2 Å². The van der Waals surface area contributed by atoms with E-state index in [0.29, 0.717) is 24.6 Å². The first-order chi connectivity index (χ1) is 20.7. The number of hydrogen-bond donors (Lipinski definition) is 1. The third-order valence-electron chi connectivity index (χ3n) is 8.56.